The Balaban J connectivity index is 1.92. The maximum atomic E-state index is 11.7. The molecule has 0 saturated heterocycles. The van der Waals surface area contributed by atoms with Crippen molar-refractivity contribution in [3.63, 3.8) is 0 Å². The highest BCUT2D eigenvalue weighted by atomic mass is 35.5. The third-order valence-corrected chi connectivity index (χ3v) is 3.34. The normalized spacial score (nSPS) is 16.5. The maximum absolute atomic E-state index is 11.7. The van der Waals surface area contributed by atoms with Crippen LogP contribution in [0, 0.1) is 5.92 Å². The fourth-order valence-electron chi connectivity index (χ4n) is 1.58. The van der Waals surface area contributed by atoms with Gasteiger partial charge >= 0.3 is 0 Å². The Hall–Kier alpha value is -1.42. The van der Waals surface area contributed by atoms with E-state index in [1.54, 1.807) is 0 Å². The second-order valence-electron chi connectivity index (χ2n) is 4.27. The Labute approximate surface area is 104 Å². The van der Waals surface area contributed by atoms with Crippen LogP contribution in [-0.2, 0) is 0 Å². The lowest BCUT2D eigenvalue weighted by atomic mass is 10.2. The Morgan fingerprint density at radius 3 is 2.71 bits per heavy atom. The van der Waals surface area contributed by atoms with Crippen LogP contribution in [0.5, 0.6) is 11.5 Å². The third-order valence-electron chi connectivity index (χ3n) is 2.83. The van der Waals surface area contributed by atoms with Gasteiger partial charge in [-0.2, -0.15) is 0 Å². The molecule has 3 N–H and O–H groups in total. The quantitative estimate of drug-likeness (QED) is 0.568. The second kappa shape index (κ2) is 4.84. The zero-order valence-corrected chi connectivity index (χ0v) is 9.94. The third kappa shape index (κ3) is 3.03. The van der Waals surface area contributed by atoms with E-state index in [0.717, 1.165) is 12.8 Å². The van der Waals surface area contributed by atoms with Gasteiger partial charge in [0.1, 0.15) is 0 Å². The predicted molar refractivity (Wildman–Crippen MR) is 64.5 cm³/mol. The molecule has 1 saturated carbocycles. The molecule has 0 radical (unpaired) electrons. The number of rotatable bonds is 4. The first kappa shape index (κ1) is 12.0. The summed E-state index contributed by atoms with van der Waals surface area (Å²) in [7, 11) is 0. The van der Waals surface area contributed by atoms with Crippen molar-refractivity contribution >= 4 is 17.5 Å². The van der Waals surface area contributed by atoms with Gasteiger partial charge in [-0.25, -0.2) is 0 Å². The van der Waals surface area contributed by atoms with E-state index in [0.29, 0.717) is 18.0 Å². The van der Waals surface area contributed by atoms with Gasteiger partial charge in [-0.3, -0.25) is 4.79 Å². The minimum Gasteiger partial charge on any atom is -0.504 e. The minimum atomic E-state index is -0.303. The molecule has 5 heteroatoms. The molecule has 1 aromatic carbocycles. The molecule has 0 bridgehead atoms. The van der Waals surface area contributed by atoms with Crippen LogP contribution in [-0.4, -0.2) is 28.0 Å². The highest BCUT2D eigenvalue weighted by molar-refractivity contribution is 6.21. The summed E-state index contributed by atoms with van der Waals surface area (Å²) in [6, 6.07) is 3.96. The van der Waals surface area contributed by atoms with E-state index in [1.807, 2.05) is 0 Å². The molecule has 0 aromatic heterocycles. The molecule has 1 unspecified atom stereocenters. The first-order chi connectivity index (χ1) is 8.08. The zero-order chi connectivity index (χ0) is 12.4. The maximum Gasteiger partial charge on any atom is 0.251 e. The minimum absolute atomic E-state index is 0.0235. The molecular formula is C12H14ClNO3. The Kier molecular flexibility index (Phi) is 3.43. The van der Waals surface area contributed by atoms with Crippen molar-refractivity contribution < 1.29 is 15.0 Å². The van der Waals surface area contributed by atoms with Gasteiger partial charge in [-0.15, -0.1) is 11.6 Å². The fraction of sp³-hybridized carbons (Fsp3) is 0.417. The van der Waals surface area contributed by atoms with Gasteiger partial charge in [0.25, 0.3) is 5.91 Å². The number of aromatic hydroxyl groups is 2. The van der Waals surface area contributed by atoms with E-state index in [4.69, 9.17) is 16.7 Å². The first-order valence-corrected chi connectivity index (χ1v) is 5.96. The van der Waals surface area contributed by atoms with E-state index in [-0.39, 0.29) is 22.8 Å². The predicted octanol–water partition coefficient (Wildman–Crippen LogP) is 1.85. The Bertz CT molecular complexity index is 432. The number of benzene rings is 1. The summed E-state index contributed by atoms with van der Waals surface area (Å²) in [6.45, 7) is 0.423. The van der Waals surface area contributed by atoms with Gasteiger partial charge in [-0.05, 0) is 37.0 Å². The molecule has 92 valence electrons. The van der Waals surface area contributed by atoms with Crippen LogP contribution in [0.3, 0.4) is 0 Å². The molecule has 4 nitrogen and oxygen atoms in total. The highest BCUT2D eigenvalue weighted by Gasteiger charge is 2.29. The summed E-state index contributed by atoms with van der Waals surface area (Å²) < 4.78 is 0. The molecule has 0 spiro atoms. The van der Waals surface area contributed by atoms with Crippen molar-refractivity contribution in [1.82, 2.24) is 5.32 Å². The average Bonchev–Trinajstić information content (AvgIpc) is 3.13. The van der Waals surface area contributed by atoms with Crippen LogP contribution >= 0.6 is 11.6 Å². The van der Waals surface area contributed by atoms with Crippen LogP contribution in [0.4, 0.5) is 0 Å². The van der Waals surface area contributed by atoms with Gasteiger partial charge in [0.05, 0.1) is 5.38 Å². The van der Waals surface area contributed by atoms with E-state index in [1.165, 1.54) is 18.2 Å². The molecule has 0 aliphatic heterocycles. The topological polar surface area (TPSA) is 69.6 Å². The van der Waals surface area contributed by atoms with Gasteiger partial charge in [0.2, 0.25) is 0 Å². The lowest BCUT2D eigenvalue weighted by Crippen LogP contribution is -2.30. The number of phenols is 2. The molecule has 1 aromatic rings. The van der Waals surface area contributed by atoms with Gasteiger partial charge in [0, 0.05) is 12.1 Å². The van der Waals surface area contributed by atoms with Crippen molar-refractivity contribution in [3.8, 4) is 11.5 Å². The van der Waals surface area contributed by atoms with Crippen LogP contribution in [0.2, 0.25) is 0 Å². The van der Waals surface area contributed by atoms with Crippen molar-refractivity contribution in [2.75, 3.05) is 6.54 Å². The van der Waals surface area contributed by atoms with E-state index >= 15 is 0 Å². The van der Waals surface area contributed by atoms with E-state index in [9.17, 15) is 9.90 Å². The lowest BCUT2D eigenvalue weighted by molar-refractivity contribution is 0.0952. The standard InChI is InChI=1S/C12H14ClNO3/c13-9(7-1-2-7)6-14-12(17)8-3-4-10(15)11(16)5-8/h3-5,7,9,15-16H,1-2,6H2,(H,14,17). The van der Waals surface area contributed by atoms with Crippen LogP contribution in [0.1, 0.15) is 23.2 Å². The number of hydrogen-bond acceptors (Lipinski definition) is 3. The average molecular weight is 256 g/mol. The molecule has 1 aliphatic carbocycles. The number of amides is 1. The van der Waals surface area contributed by atoms with Crippen LogP contribution in [0.25, 0.3) is 0 Å². The van der Waals surface area contributed by atoms with E-state index < -0.39 is 0 Å². The number of hydrogen-bond donors (Lipinski definition) is 3. The largest absolute Gasteiger partial charge is 0.504 e. The number of alkyl halides is 1. The smallest absolute Gasteiger partial charge is 0.251 e. The summed E-state index contributed by atoms with van der Waals surface area (Å²) in [5.41, 5.74) is 0.306. The van der Waals surface area contributed by atoms with Crippen molar-refractivity contribution in [2.45, 2.75) is 18.2 Å². The Morgan fingerprint density at radius 1 is 1.41 bits per heavy atom. The molecule has 1 aliphatic rings. The summed E-state index contributed by atoms with van der Waals surface area (Å²) in [5.74, 6) is -0.325. The van der Waals surface area contributed by atoms with E-state index in [2.05, 4.69) is 5.32 Å². The van der Waals surface area contributed by atoms with Crippen molar-refractivity contribution in [3.05, 3.63) is 23.8 Å². The van der Waals surface area contributed by atoms with Crippen LogP contribution in [0.15, 0.2) is 18.2 Å². The monoisotopic (exact) mass is 255 g/mol. The molecule has 1 atom stereocenters. The van der Waals surface area contributed by atoms with Gasteiger partial charge in [-0.1, -0.05) is 0 Å². The molecule has 1 fully saturated rings. The number of carbonyl (C=O) groups excluding carboxylic acids is 1. The number of halogens is 1. The lowest BCUT2D eigenvalue weighted by Gasteiger charge is -2.10. The molecule has 2 rings (SSSR count). The van der Waals surface area contributed by atoms with Gasteiger partial charge < -0.3 is 15.5 Å². The molecule has 1 amide bonds. The number of nitrogens with one attached hydrogen (secondary N) is 1. The number of phenolic OH excluding ortho intramolecular Hbond substituents is 2. The second-order valence-corrected chi connectivity index (χ2v) is 4.83. The van der Waals surface area contributed by atoms with Crippen LogP contribution < -0.4 is 5.32 Å². The molecule has 17 heavy (non-hydrogen) atoms. The van der Waals surface area contributed by atoms with Gasteiger partial charge in [0.15, 0.2) is 11.5 Å². The van der Waals surface area contributed by atoms with Crippen molar-refractivity contribution in [2.24, 2.45) is 5.92 Å². The summed E-state index contributed by atoms with van der Waals surface area (Å²) in [4.78, 5) is 11.7. The molecule has 0 heterocycles. The highest BCUT2D eigenvalue weighted by Crippen LogP contribution is 2.35. The summed E-state index contributed by atoms with van der Waals surface area (Å²) in [5, 5.41) is 21.1. The number of carbonyl (C=O) groups is 1. The molecular weight excluding hydrogens is 242 g/mol. The summed E-state index contributed by atoms with van der Waals surface area (Å²) >= 11 is 6.06. The van der Waals surface area contributed by atoms with Crippen molar-refractivity contribution in [1.29, 1.82) is 0 Å². The zero-order valence-electron chi connectivity index (χ0n) is 9.19. The Morgan fingerprint density at radius 2 is 2.12 bits per heavy atom. The first-order valence-electron chi connectivity index (χ1n) is 5.52. The SMILES string of the molecule is O=C(NCC(Cl)C1CC1)c1ccc(O)c(O)c1. The summed E-state index contributed by atoms with van der Waals surface area (Å²) in [6.07, 6.45) is 2.26. The fourth-order valence-corrected chi connectivity index (χ4v) is 1.91.